The molecule has 1 fully saturated rings. The number of halogens is 1. The van der Waals surface area contributed by atoms with Crippen molar-refractivity contribution in [1.29, 1.82) is 0 Å². The standard InChI is InChI=1S/C16H25N5O2.HI/c1-21(2)15(22)12-20-16(19-11-14-7-5-9-23-14)18-10-13-6-3-4-8-17-13;/h3-4,6,8,14H,5,7,9-12H2,1-2H3,(H2,18,19,20);1H. The Morgan fingerprint density at radius 2 is 2.25 bits per heavy atom. The molecule has 1 aliphatic heterocycles. The highest BCUT2D eigenvalue weighted by Crippen LogP contribution is 2.10. The molecule has 1 atom stereocenters. The van der Waals surface area contributed by atoms with Crippen molar-refractivity contribution in [3.63, 3.8) is 0 Å². The van der Waals surface area contributed by atoms with Gasteiger partial charge in [-0.25, -0.2) is 4.99 Å². The Hall–Kier alpha value is -1.42. The Morgan fingerprint density at radius 3 is 2.88 bits per heavy atom. The van der Waals surface area contributed by atoms with Crippen molar-refractivity contribution >= 4 is 35.8 Å². The number of carbonyl (C=O) groups excluding carboxylic acids is 1. The summed E-state index contributed by atoms with van der Waals surface area (Å²) in [7, 11) is 3.46. The zero-order valence-corrected chi connectivity index (χ0v) is 16.5. The van der Waals surface area contributed by atoms with Crippen LogP contribution in [0.25, 0.3) is 0 Å². The number of hydrogen-bond acceptors (Lipinski definition) is 4. The third-order valence-electron chi connectivity index (χ3n) is 3.55. The molecule has 1 aromatic rings. The molecular formula is C16H26IN5O2. The average molecular weight is 447 g/mol. The fraction of sp³-hybridized carbons (Fsp3) is 0.562. The van der Waals surface area contributed by atoms with Gasteiger partial charge in [0.15, 0.2) is 5.96 Å². The van der Waals surface area contributed by atoms with Crippen LogP contribution in [0.1, 0.15) is 18.5 Å². The quantitative estimate of drug-likeness (QED) is 0.387. The van der Waals surface area contributed by atoms with Gasteiger partial charge in [-0.2, -0.15) is 0 Å². The molecule has 134 valence electrons. The first kappa shape index (κ1) is 20.6. The molecule has 2 heterocycles. The Morgan fingerprint density at radius 1 is 1.42 bits per heavy atom. The molecule has 0 spiro atoms. The zero-order chi connectivity index (χ0) is 16.5. The number of carbonyl (C=O) groups is 1. The van der Waals surface area contributed by atoms with Crippen LogP contribution in [0.3, 0.4) is 0 Å². The van der Waals surface area contributed by atoms with Crippen molar-refractivity contribution in [2.45, 2.75) is 25.5 Å². The maximum atomic E-state index is 11.7. The molecule has 0 aromatic carbocycles. The van der Waals surface area contributed by atoms with Gasteiger partial charge >= 0.3 is 0 Å². The smallest absolute Gasteiger partial charge is 0.241 e. The average Bonchev–Trinajstić information content (AvgIpc) is 3.08. The highest BCUT2D eigenvalue weighted by atomic mass is 127. The van der Waals surface area contributed by atoms with E-state index in [1.807, 2.05) is 18.2 Å². The summed E-state index contributed by atoms with van der Waals surface area (Å²) in [6.45, 7) is 2.16. The van der Waals surface area contributed by atoms with Crippen LogP contribution in [-0.4, -0.2) is 61.6 Å². The minimum absolute atomic E-state index is 0. The fourth-order valence-electron chi connectivity index (χ4n) is 2.16. The van der Waals surface area contributed by atoms with Crippen LogP contribution < -0.4 is 10.6 Å². The predicted octanol–water partition coefficient (Wildman–Crippen LogP) is 1.00. The molecule has 0 saturated carbocycles. The monoisotopic (exact) mass is 447 g/mol. The van der Waals surface area contributed by atoms with Crippen LogP contribution in [0.5, 0.6) is 0 Å². The van der Waals surface area contributed by atoms with Gasteiger partial charge in [0.25, 0.3) is 0 Å². The van der Waals surface area contributed by atoms with E-state index in [4.69, 9.17) is 4.74 Å². The Balaban J connectivity index is 0.00000288. The van der Waals surface area contributed by atoms with Crippen LogP contribution >= 0.6 is 24.0 Å². The van der Waals surface area contributed by atoms with E-state index >= 15 is 0 Å². The second-order valence-corrected chi connectivity index (χ2v) is 5.64. The molecule has 24 heavy (non-hydrogen) atoms. The molecule has 8 heteroatoms. The molecule has 0 radical (unpaired) electrons. The van der Waals surface area contributed by atoms with Gasteiger partial charge in [0.2, 0.25) is 5.91 Å². The minimum atomic E-state index is -0.00514. The number of rotatable bonds is 6. The van der Waals surface area contributed by atoms with Crippen molar-refractivity contribution in [3.05, 3.63) is 30.1 Å². The van der Waals surface area contributed by atoms with Crippen LogP contribution in [0.4, 0.5) is 0 Å². The van der Waals surface area contributed by atoms with Crippen LogP contribution in [0.2, 0.25) is 0 Å². The van der Waals surface area contributed by atoms with E-state index < -0.39 is 0 Å². The summed E-state index contributed by atoms with van der Waals surface area (Å²) in [4.78, 5) is 22.0. The maximum absolute atomic E-state index is 11.7. The molecule has 1 aliphatic rings. The summed E-state index contributed by atoms with van der Waals surface area (Å²) in [5.74, 6) is 0.593. The molecular weight excluding hydrogens is 421 g/mol. The highest BCUT2D eigenvalue weighted by molar-refractivity contribution is 14.0. The fourth-order valence-corrected chi connectivity index (χ4v) is 2.16. The number of aliphatic imine (C=N–C) groups is 1. The molecule has 1 aromatic heterocycles. The Labute approximate surface area is 160 Å². The topological polar surface area (TPSA) is 78.9 Å². The Bertz CT molecular complexity index is 518. The SMILES string of the molecule is CN(C)C(=O)CNC(=NCc1ccccn1)NCC1CCCO1.I. The Kier molecular flexibility index (Phi) is 9.62. The maximum Gasteiger partial charge on any atom is 0.241 e. The van der Waals surface area contributed by atoms with E-state index in [-0.39, 0.29) is 42.5 Å². The molecule has 7 nitrogen and oxygen atoms in total. The number of amides is 1. The first-order valence-corrected chi connectivity index (χ1v) is 7.89. The van der Waals surface area contributed by atoms with Crippen molar-refractivity contribution in [2.75, 3.05) is 33.8 Å². The molecule has 2 N–H and O–H groups in total. The van der Waals surface area contributed by atoms with Gasteiger partial charge in [0.1, 0.15) is 0 Å². The normalized spacial score (nSPS) is 17.1. The molecule has 1 unspecified atom stereocenters. The summed E-state index contributed by atoms with van der Waals surface area (Å²) in [5, 5.41) is 6.30. The van der Waals surface area contributed by atoms with Crippen molar-refractivity contribution in [2.24, 2.45) is 4.99 Å². The van der Waals surface area contributed by atoms with Gasteiger partial charge in [-0.05, 0) is 25.0 Å². The minimum Gasteiger partial charge on any atom is -0.376 e. The van der Waals surface area contributed by atoms with E-state index in [1.165, 1.54) is 0 Å². The van der Waals surface area contributed by atoms with Gasteiger partial charge in [-0.3, -0.25) is 9.78 Å². The third kappa shape index (κ3) is 7.43. The second kappa shape index (κ2) is 11.2. The molecule has 1 amide bonds. The van der Waals surface area contributed by atoms with Crippen LogP contribution in [-0.2, 0) is 16.1 Å². The van der Waals surface area contributed by atoms with E-state index in [2.05, 4.69) is 20.6 Å². The van der Waals surface area contributed by atoms with E-state index in [0.29, 0.717) is 19.0 Å². The van der Waals surface area contributed by atoms with Crippen molar-refractivity contribution in [3.8, 4) is 0 Å². The largest absolute Gasteiger partial charge is 0.376 e. The molecule has 0 bridgehead atoms. The highest BCUT2D eigenvalue weighted by Gasteiger charge is 2.16. The summed E-state index contributed by atoms with van der Waals surface area (Å²) < 4.78 is 5.60. The lowest BCUT2D eigenvalue weighted by molar-refractivity contribution is -0.127. The number of nitrogens with one attached hydrogen (secondary N) is 2. The summed E-state index contributed by atoms with van der Waals surface area (Å²) in [5.41, 5.74) is 0.879. The molecule has 1 saturated heterocycles. The third-order valence-corrected chi connectivity index (χ3v) is 3.55. The summed E-state index contributed by atoms with van der Waals surface area (Å²) in [6, 6.07) is 5.73. The number of pyridine rings is 1. The van der Waals surface area contributed by atoms with Gasteiger partial charge in [0, 0.05) is 33.4 Å². The van der Waals surface area contributed by atoms with Crippen molar-refractivity contribution < 1.29 is 9.53 Å². The lowest BCUT2D eigenvalue weighted by Crippen LogP contribution is -2.45. The summed E-state index contributed by atoms with van der Waals surface area (Å²) in [6.07, 6.45) is 4.10. The predicted molar refractivity (Wildman–Crippen MR) is 104 cm³/mol. The number of likely N-dealkylation sites (N-methyl/N-ethyl adjacent to an activating group) is 1. The van der Waals surface area contributed by atoms with Gasteiger partial charge < -0.3 is 20.3 Å². The first-order chi connectivity index (χ1) is 11.1. The second-order valence-electron chi connectivity index (χ2n) is 5.64. The summed E-state index contributed by atoms with van der Waals surface area (Å²) >= 11 is 0. The van der Waals surface area contributed by atoms with E-state index in [9.17, 15) is 4.79 Å². The number of hydrogen-bond donors (Lipinski definition) is 2. The number of ether oxygens (including phenoxy) is 1. The molecule has 0 aliphatic carbocycles. The number of nitrogens with zero attached hydrogens (tertiary/aromatic N) is 3. The van der Waals surface area contributed by atoms with E-state index in [1.54, 1.807) is 25.2 Å². The van der Waals surface area contributed by atoms with Crippen molar-refractivity contribution in [1.82, 2.24) is 20.5 Å². The van der Waals surface area contributed by atoms with Gasteiger partial charge in [-0.15, -0.1) is 24.0 Å². The van der Waals surface area contributed by atoms with Crippen LogP contribution in [0.15, 0.2) is 29.4 Å². The number of aromatic nitrogens is 1. The zero-order valence-electron chi connectivity index (χ0n) is 14.2. The van der Waals surface area contributed by atoms with Crippen LogP contribution in [0, 0.1) is 0 Å². The lowest BCUT2D eigenvalue weighted by Gasteiger charge is -2.17. The lowest BCUT2D eigenvalue weighted by atomic mass is 10.2. The van der Waals surface area contributed by atoms with E-state index in [0.717, 1.165) is 25.1 Å². The van der Waals surface area contributed by atoms with Gasteiger partial charge in [-0.1, -0.05) is 6.07 Å². The first-order valence-electron chi connectivity index (χ1n) is 7.89. The van der Waals surface area contributed by atoms with Gasteiger partial charge in [0.05, 0.1) is 24.9 Å². The number of guanidine groups is 1. The molecule has 2 rings (SSSR count).